The summed E-state index contributed by atoms with van der Waals surface area (Å²) in [5.74, 6) is -1.46. The molecule has 5 heteroatoms. The Hall–Kier alpha value is -1.94. The maximum atomic E-state index is 12.9. The van der Waals surface area contributed by atoms with Crippen LogP contribution in [0.25, 0.3) is 11.3 Å². The predicted octanol–water partition coefficient (Wildman–Crippen LogP) is 3.55. The molecule has 1 heterocycles. The van der Waals surface area contributed by atoms with Crippen molar-refractivity contribution >= 4 is 17.6 Å². The maximum absolute atomic E-state index is 12.9. The van der Waals surface area contributed by atoms with Gasteiger partial charge in [-0.25, -0.2) is 9.18 Å². The van der Waals surface area contributed by atoms with Gasteiger partial charge >= 0.3 is 5.97 Å². The summed E-state index contributed by atoms with van der Waals surface area (Å²) in [5.41, 5.74) is 1.61. The van der Waals surface area contributed by atoms with Gasteiger partial charge in [0.25, 0.3) is 0 Å². The molecule has 0 unspecified atom stereocenters. The van der Waals surface area contributed by atoms with Gasteiger partial charge in [0.15, 0.2) is 0 Å². The summed E-state index contributed by atoms with van der Waals surface area (Å²) in [7, 11) is 0. The van der Waals surface area contributed by atoms with E-state index in [1.54, 1.807) is 13.0 Å². The Morgan fingerprint density at radius 1 is 1.33 bits per heavy atom. The minimum Gasteiger partial charge on any atom is -0.478 e. The predicted molar refractivity (Wildman–Crippen MR) is 66.3 cm³/mol. The second kappa shape index (κ2) is 4.74. The third kappa shape index (κ3) is 2.33. The van der Waals surface area contributed by atoms with Crippen molar-refractivity contribution < 1.29 is 14.3 Å². The van der Waals surface area contributed by atoms with Crippen molar-refractivity contribution in [3.05, 3.63) is 52.4 Å². The molecule has 0 aliphatic carbocycles. The summed E-state index contributed by atoms with van der Waals surface area (Å²) in [5, 5.41) is 9.14. The lowest BCUT2D eigenvalue weighted by Crippen LogP contribution is -2.02. The van der Waals surface area contributed by atoms with E-state index in [2.05, 4.69) is 4.98 Å². The first kappa shape index (κ1) is 12.5. The van der Waals surface area contributed by atoms with Crippen LogP contribution >= 0.6 is 11.6 Å². The van der Waals surface area contributed by atoms with Crippen LogP contribution in [0.5, 0.6) is 0 Å². The minimum atomic E-state index is -1.03. The van der Waals surface area contributed by atoms with Crippen molar-refractivity contribution in [3.63, 3.8) is 0 Å². The zero-order valence-electron chi connectivity index (χ0n) is 9.45. The van der Waals surface area contributed by atoms with Crippen molar-refractivity contribution in [1.82, 2.24) is 4.98 Å². The molecule has 92 valence electrons. The second-order valence-electron chi connectivity index (χ2n) is 3.76. The topological polar surface area (TPSA) is 50.2 Å². The van der Waals surface area contributed by atoms with Crippen LogP contribution in [0, 0.1) is 12.7 Å². The first-order chi connectivity index (χ1) is 8.49. The van der Waals surface area contributed by atoms with Crippen molar-refractivity contribution in [2.45, 2.75) is 6.92 Å². The highest BCUT2D eigenvalue weighted by molar-refractivity contribution is 6.33. The van der Waals surface area contributed by atoms with Gasteiger partial charge in [-0.15, -0.1) is 0 Å². The molecule has 2 rings (SSSR count). The van der Waals surface area contributed by atoms with Crippen LogP contribution in [0.1, 0.15) is 16.1 Å². The Bertz CT molecular complexity index is 628. The molecule has 0 aliphatic heterocycles. The van der Waals surface area contributed by atoms with Crippen LogP contribution in [0.3, 0.4) is 0 Å². The largest absolute Gasteiger partial charge is 0.478 e. The van der Waals surface area contributed by atoms with Gasteiger partial charge in [0, 0.05) is 5.56 Å². The van der Waals surface area contributed by atoms with E-state index in [4.69, 9.17) is 16.7 Å². The Balaban J connectivity index is 2.52. The molecule has 0 radical (unpaired) electrons. The summed E-state index contributed by atoms with van der Waals surface area (Å²) in [6.45, 7) is 1.60. The van der Waals surface area contributed by atoms with Crippen LogP contribution in [0.2, 0.25) is 5.02 Å². The van der Waals surface area contributed by atoms with E-state index in [9.17, 15) is 9.18 Å². The molecule has 0 aliphatic rings. The van der Waals surface area contributed by atoms with E-state index >= 15 is 0 Å². The fourth-order valence-electron chi connectivity index (χ4n) is 1.63. The highest BCUT2D eigenvalue weighted by atomic mass is 35.5. The molecule has 1 N–H and O–H groups in total. The van der Waals surface area contributed by atoms with Crippen molar-refractivity contribution in [3.8, 4) is 11.3 Å². The first-order valence-electron chi connectivity index (χ1n) is 5.15. The minimum absolute atomic E-state index is 0.136. The van der Waals surface area contributed by atoms with E-state index in [1.807, 2.05) is 0 Å². The van der Waals surface area contributed by atoms with Crippen molar-refractivity contribution in [2.75, 3.05) is 0 Å². The number of hydrogen-bond donors (Lipinski definition) is 1. The number of aromatic carboxylic acids is 1. The maximum Gasteiger partial charge on any atom is 0.337 e. The van der Waals surface area contributed by atoms with E-state index in [0.717, 1.165) is 0 Å². The fourth-order valence-corrected chi connectivity index (χ4v) is 1.90. The van der Waals surface area contributed by atoms with Crippen molar-refractivity contribution in [2.24, 2.45) is 0 Å². The number of carbonyl (C=O) groups is 1. The van der Waals surface area contributed by atoms with E-state index in [1.165, 1.54) is 24.3 Å². The quantitative estimate of drug-likeness (QED) is 0.903. The first-order valence-corrected chi connectivity index (χ1v) is 5.53. The van der Waals surface area contributed by atoms with Gasteiger partial charge in [0.2, 0.25) is 0 Å². The molecule has 3 nitrogen and oxygen atoms in total. The van der Waals surface area contributed by atoms with Gasteiger partial charge in [-0.3, -0.25) is 4.98 Å². The number of nitrogens with zero attached hydrogens (tertiary/aromatic N) is 1. The molecule has 2 aromatic rings. The standard InChI is InChI=1S/C13H9ClFNO2/c1-7-9(13(17)18)4-5-12(16-7)10-3-2-8(15)6-11(10)14/h2-6H,1H3,(H,17,18). The van der Waals surface area contributed by atoms with E-state index < -0.39 is 11.8 Å². The molecule has 0 bridgehead atoms. The number of rotatable bonds is 2. The highest BCUT2D eigenvalue weighted by Crippen LogP contribution is 2.27. The van der Waals surface area contributed by atoms with Gasteiger partial charge in [0.1, 0.15) is 5.82 Å². The summed E-state index contributed by atoms with van der Waals surface area (Å²) < 4.78 is 12.9. The van der Waals surface area contributed by atoms with E-state index in [0.29, 0.717) is 17.0 Å². The van der Waals surface area contributed by atoms with Gasteiger partial charge in [-0.2, -0.15) is 0 Å². The number of benzene rings is 1. The van der Waals surface area contributed by atoms with Crippen LogP contribution in [-0.2, 0) is 0 Å². The van der Waals surface area contributed by atoms with Crippen LogP contribution < -0.4 is 0 Å². The second-order valence-corrected chi connectivity index (χ2v) is 4.17. The third-order valence-electron chi connectivity index (χ3n) is 2.52. The van der Waals surface area contributed by atoms with Crippen LogP contribution in [0.15, 0.2) is 30.3 Å². The van der Waals surface area contributed by atoms with Gasteiger partial charge in [-0.1, -0.05) is 11.6 Å². The number of aromatic nitrogens is 1. The molecule has 1 aromatic heterocycles. The smallest absolute Gasteiger partial charge is 0.337 e. The monoisotopic (exact) mass is 265 g/mol. The Morgan fingerprint density at radius 2 is 2.06 bits per heavy atom. The summed E-state index contributed by atoms with van der Waals surface area (Å²) >= 11 is 5.92. The zero-order chi connectivity index (χ0) is 13.3. The SMILES string of the molecule is Cc1nc(-c2ccc(F)cc2Cl)ccc1C(=O)O. The Morgan fingerprint density at radius 3 is 2.61 bits per heavy atom. The van der Waals surface area contributed by atoms with Gasteiger partial charge in [-0.05, 0) is 37.3 Å². The molecule has 0 atom stereocenters. The summed E-state index contributed by atoms with van der Waals surface area (Å²) in [6.07, 6.45) is 0. The molecular weight excluding hydrogens is 257 g/mol. The number of carboxylic acid groups (broad SMARTS) is 1. The number of aryl methyl sites for hydroxylation is 1. The molecule has 18 heavy (non-hydrogen) atoms. The summed E-state index contributed by atoms with van der Waals surface area (Å²) in [6, 6.07) is 7.00. The van der Waals surface area contributed by atoms with Gasteiger partial charge in [0.05, 0.1) is 22.0 Å². The Kier molecular flexibility index (Phi) is 3.30. The lowest BCUT2D eigenvalue weighted by molar-refractivity contribution is 0.0695. The normalized spacial score (nSPS) is 10.4. The fraction of sp³-hybridized carbons (Fsp3) is 0.0769. The van der Waals surface area contributed by atoms with Crippen molar-refractivity contribution in [1.29, 1.82) is 0 Å². The molecule has 1 aromatic carbocycles. The third-order valence-corrected chi connectivity index (χ3v) is 2.84. The number of carboxylic acids is 1. The van der Waals surface area contributed by atoms with E-state index in [-0.39, 0.29) is 10.6 Å². The molecule has 0 spiro atoms. The molecule has 0 saturated carbocycles. The summed E-state index contributed by atoms with van der Waals surface area (Å²) in [4.78, 5) is 15.0. The van der Waals surface area contributed by atoms with Gasteiger partial charge < -0.3 is 5.11 Å². The van der Waals surface area contributed by atoms with Crippen LogP contribution in [0.4, 0.5) is 4.39 Å². The zero-order valence-corrected chi connectivity index (χ0v) is 10.2. The highest BCUT2D eigenvalue weighted by Gasteiger charge is 2.11. The molecule has 0 amide bonds. The average Bonchev–Trinajstić information content (AvgIpc) is 2.28. The lowest BCUT2D eigenvalue weighted by atomic mass is 10.1. The number of hydrogen-bond acceptors (Lipinski definition) is 2. The Labute approximate surface area is 108 Å². The van der Waals surface area contributed by atoms with Crippen LogP contribution in [-0.4, -0.2) is 16.1 Å². The number of halogens is 2. The molecular formula is C13H9ClFNO2. The average molecular weight is 266 g/mol. The molecule has 0 saturated heterocycles. The number of pyridine rings is 1. The molecule has 0 fully saturated rings. The lowest BCUT2D eigenvalue weighted by Gasteiger charge is -2.06.